The highest BCUT2D eigenvalue weighted by molar-refractivity contribution is 8.00. The van der Waals surface area contributed by atoms with Crippen LogP contribution in [-0.2, 0) is 4.79 Å². The Labute approximate surface area is 154 Å². The van der Waals surface area contributed by atoms with Gasteiger partial charge in [0.05, 0.1) is 16.0 Å². The number of amides is 1. The summed E-state index contributed by atoms with van der Waals surface area (Å²) in [6.07, 6.45) is 1.53. The Morgan fingerprint density at radius 3 is 2.76 bits per heavy atom. The highest BCUT2D eigenvalue weighted by Crippen LogP contribution is 2.30. The van der Waals surface area contributed by atoms with Gasteiger partial charge in [-0.05, 0) is 60.2 Å². The fourth-order valence-corrected chi connectivity index (χ4v) is 3.44. The molecular formula is C17H16ClN5OS. The third-order valence-electron chi connectivity index (χ3n) is 3.57. The van der Waals surface area contributed by atoms with Crippen molar-refractivity contribution in [2.75, 3.05) is 5.32 Å². The van der Waals surface area contributed by atoms with Gasteiger partial charge in [0, 0.05) is 10.6 Å². The van der Waals surface area contributed by atoms with Crippen molar-refractivity contribution in [3.63, 3.8) is 0 Å². The van der Waals surface area contributed by atoms with Crippen molar-refractivity contribution < 1.29 is 4.79 Å². The highest BCUT2D eigenvalue weighted by atomic mass is 35.5. The first kappa shape index (κ1) is 17.4. The Bertz CT molecular complexity index is 885. The number of thioether (sulfide) groups is 1. The third-order valence-corrected chi connectivity index (χ3v) is 5.19. The van der Waals surface area contributed by atoms with E-state index in [0.29, 0.717) is 5.02 Å². The van der Waals surface area contributed by atoms with Gasteiger partial charge >= 0.3 is 0 Å². The number of hydrogen-bond acceptors (Lipinski definition) is 5. The van der Waals surface area contributed by atoms with E-state index >= 15 is 0 Å². The SMILES string of the molecule is Cc1cc(NC(=O)C(C)Sc2ccccc2Cl)ccc1-n1cnnn1. The number of rotatable bonds is 5. The third kappa shape index (κ3) is 4.18. The molecule has 0 fully saturated rings. The first-order valence-corrected chi connectivity index (χ1v) is 8.86. The number of carbonyl (C=O) groups is 1. The lowest BCUT2D eigenvalue weighted by molar-refractivity contribution is -0.115. The van der Waals surface area contributed by atoms with E-state index in [1.54, 1.807) is 4.68 Å². The summed E-state index contributed by atoms with van der Waals surface area (Å²) in [6, 6.07) is 13.1. The monoisotopic (exact) mass is 373 g/mol. The van der Waals surface area contributed by atoms with Crippen LogP contribution >= 0.6 is 23.4 Å². The minimum atomic E-state index is -0.278. The van der Waals surface area contributed by atoms with Crippen LogP contribution in [0.3, 0.4) is 0 Å². The zero-order valence-corrected chi connectivity index (χ0v) is 15.3. The summed E-state index contributed by atoms with van der Waals surface area (Å²) in [4.78, 5) is 13.3. The molecule has 3 aromatic rings. The normalized spacial score (nSPS) is 12.0. The number of anilines is 1. The van der Waals surface area contributed by atoms with Crippen LogP contribution < -0.4 is 5.32 Å². The Morgan fingerprint density at radius 2 is 2.08 bits per heavy atom. The Morgan fingerprint density at radius 1 is 1.28 bits per heavy atom. The number of nitrogens with zero attached hydrogens (tertiary/aromatic N) is 4. The Hall–Kier alpha value is -2.38. The largest absolute Gasteiger partial charge is 0.325 e. The maximum absolute atomic E-state index is 12.4. The topological polar surface area (TPSA) is 72.7 Å². The van der Waals surface area contributed by atoms with Gasteiger partial charge in [0.15, 0.2) is 0 Å². The summed E-state index contributed by atoms with van der Waals surface area (Å²) >= 11 is 7.58. The Kier molecular flexibility index (Phi) is 5.35. The van der Waals surface area contributed by atoms with E-state index in [0.717, 1.165) is 21.8 Å². The number of nitrogens with one attached hydrogen (secondary N) is 1. The van der Waals surface area contributed by atoms with Crippen molar-refractivity contribution in [1.82, 2.24) is 20.2 Å². The predicted octanol–water partition coefficient (Wildman–Crippen LogP) is 3.74. The molecule has 8 heteroatoms. The molecule has 0 aliphatic heterocycles. The summed E-state index contributed by atoms with van der Waals surface area (Å²) in [5.74, 6) is -0.0838. The maximum atomic E-state index is 12.4. The predicted molar refractivity (Wildman–Crippen MR) is 99.3 cm³/mol. The molecule has 0 radical (unpaired) electrons. The van der Waals surface area contributed by atoms with Gasteiger partial charge in [0.25, 0.3) is 0 Å². The van der Waals surface area contributed by atoms with Gasteiger partial charge in [-0.1, -0.05) is 23.7 Å². The molecule has 1 N–H and O–H groups in total. The second-order valence-electron chi connectivity index (χ2n) is 5.44. The number of aromatic nitrogens is 4. The second-order valence-corrected chi connectivity index (χ2v) is 7.23. The molecule has 0 bridgehead atoms. The van der Waals surface area contributed by atoms with Gasteiger partial charge in [-0.15, -0.1) is 16.9 Å². The van der Waals surface area contributed by atoms with Gasteiger partial charge in [-0.2, -0.15) is 0 Å². The molecule has 6 nitrogen and oxygen atoms in total. The number of tetrazole rings is 1. The van der Waals surface area contributed by atoms with Gasteiger partial charge < -0.3 is 5.32 Å². The molecule has 1 atom stereocenters. The van der Waals surface area contributed by atoms with Gasteiger partial charge in [-0.3, -0.25) is 4.79 Å². The molecule has 0 saturated heterocycles. The number of carbonyl (C=O) groups excluding carboxylic acids is 1. The minimum Gasteiger partial charge on any atom is -0.325 e. The van der Waals surface area contributed by atoms with Crippen LogP contribution in [0.2, 0.25) is 5.02 Å². The molecule has 1 amide bonds. The van der Waals surface area contributed by atoms with Crippen LogP contribution in [0.15, 0.2) is 53.7 Å². The molecule has 0 spiro atoms. The van der Waals surface area contributed by atoms with Crippen molar-refractivity contribution in [2.24, 2.45) is 0 Å². The molecular weight excluding hydrogens is 358 g/mol. The standard InChI is InChI=1S/C17H16ClN5OS/c1-11-9-13(7-8-15(11)23-10-19-21-22-23)20-17(24)12(2)25-16-6-4-3-5-14(16)18/h3-10,12H,1-2H3,(H,20,24). The van der Waals surface area contributed by atoms with Crippen LogP contribution in [0.5, 0.6) is 0 Å². The van der Waals surface area contributed by atoms with Crippen LogP contribution in [0.1, 0.15) is 12.5 Å². The summed E-state index contributed by atoms with van der Waals surface area (Å²) in [6.45, 7) is 3.79. The van der Waals surface area contributed by atoms with Crippen LogP contribution in [0.4, 0.5) is 5.69 Å². The summed E-state index contributed by atoms with van der Waals surface area (Å²) in [7, 11) is 0. The van der Waals surface area contributed by atoms with Crippen molar-refractivity contribution in [3.05, 3.63) is 59.4 Å². The number of hydrogen-bond donors (Lipinski definition) is 1. The van der Waals surface area contributed by atoms with E-state index in [1.807, 2.05) is 56.3 Å². The van der Waals surface area contributed by atoms with Crippen molar-refractivity contribution in [3.8, 4) is 5.69 Å². The fourth-order valence-electron chi connectivity index (χ4n) is 2.29. The smallest absolute Gasteiger partial charge is 0.237 e. The summed E-state index contributed by atoms with van der Waals surface area (Å²) in [5.41, 5.74) is 2.55. The summed E-state index contributed by atoms with van der Waals surface area (Å²) in [5, 5.41) is 14.4. The van der Waals surface area contributed by atoms with Gasteiger partial charge in [0.2, 0.25) is 5.91 Å². The lowest BCUT2D eigenvalue weighted by atomic mass is 10.1. The molecule has 0 aliphatic carbocycles. The van der Waals surface area contributed by atoms with Crippen LogP contribution in [0.25, 0.3) is 5.69 Å². The molecule has 0 saturated carbocycles. The molecule has 0 aliphatic rings. The second kappa shape index (κ2) is 7.67. The number of halogens is 1. The first-order valence-electron chi connectivity index (χ1n) is 7.60. The lowest BCUT2D eigenvalue weighted by Gasteiger charge is -2.14. The van der Waals surface area contributed by atoms with Gasteiger partial charge in [0.1, 0.15) is 6.33 Å². The average Bonchev–Trinajstić information content (AvgIpc) is 3.11. The van der Waals surface area contributed by atoms with Crippen LogP contribution in [0, 0.1) is 6.92 Å². The van der Waals surface area contributed by atoms with E-state index in [4.69, 9.17) is 11.6 Å². The van der Waals surface area contributed by atoms with Crippen molar-refractivity contribution in [1.29, 1.82) is 0 Å². The first-order chi connectivity index (χ1) is 12.0. The van der Waals surface area contributed by atoms with E-state index in [-0.39, 0.29) is 11.2 Å². The Balaban J connectivity index is 1.68. The molecule has 1 unspecified atom stereocenters. The van der Waals surface area contributed by atoms with E-state index in [2.05, 4.69) is 20.8 Å². The number of aryl methyl sites for hydroxylation is 1. The minimum absolute atomic E-state index is 0.0838. The zero-order valence-electron chi connectivity index (χ0n) is 13.7. The van der Waals surface area contributed by atoms with E-state index in [9.17, 15) is 4.79 Å². The van der Waals surface area contributed by atoms with E-state index < -0.39 is 0 Å². The quantitative estimate of drug-likeness (QED) is 0.689. The molecule has 1 heterocycles. The molecule has 25 heavy (non-hydrogen) atoms. The molecule has 128 valence electrons. The summed E-state index contributed by atoms with van der Waals surface area (Å²) < 4.78 is 1.58. The van der Waals surface area contributed by atoms with Crippen molar-refractivity contribution in [2.45, 2.75) is 24.0 Å². The highest BCUT2D eigenvalue weighted by Gasteiger charge is 2.16. The van der Waals surface area contributed by atoms with Crippen molar-refractivity contribution >= 4 is 35.0 Å². The average molecular weight is 374 g/mol. The van der Waals surface area contributed by atoms with E-state index in [1.165, 1.54) is 18.1 Å². The molecule has 2 aromatic carbocycles. The number of benzene rings is 2. The lowest BCUT2D eigenvalue weighted by Crippen LogP contribution is -2.22. The molecule has 3 rings (SSSR count). The molecule has 1 aromatic heterocycles. The zero-order chi connectivity index (χ0) is 17.8. The van der Waals surface area contributed by atoms with Crippen LogP contribution in [-0.4, -0.2) is 31.4 Å². The fraction of sp³-hybridized carbons (Fsp3) is 0.176. The maximum Gasteiger partial charge on any atom is 0.237 e. The van der Waals surface area contributed by atoms with Gasteiger partial charge in [-0.25, -0.2) is 4.68 Å².